The molecule has 1 aliphatic heterocycles. The van der Waals surface area contributed by atoms with Crippen molar-refractivity contribution in [3.8, 4) is 16.8 Å². The third-order valence-electron chi connectivity index (χ3n) is 13.1. The van der Waals surface area contributed by atoms with Crippen LogP contribution in [0.15, 0.2) is 216 Å². The Morgan fingerprint density at radius 2 is 1.17 bits per heavy atom. The molecule has 11 aromatic rings. The van der Waals surface area contributed by atoms with Crippen molar-refractivity contribution in [2.45, 2.75) is 24.8 Å². The molecule has 3 unspecified atom stereocenters. The van der Waals surface area contributed by atoms with E-state index in [1.807, 2.05) is 12.1 Å². The largest absolute Gasteiger partial charge is 0.456 e. The van der Waals surface area contributed by atoms with E-state index in [4.69, 9.17) is 9.41 Å². The minimum absolute atomic E-state index is 0.185. The first-order valence-electron chi connectivity index (χ1n) is 21.8. The van der Waals surface area contributed by atoms with E-state index in [2.05, 4.69) is 214 Å². The Bertz CT molecular complexity index is 3670. The van der Waals surface area contributed by atoms with Crippen LogP contribution in [0, 0.1) is 0 Å². The Labute approximate surface area is 363 Å². The molecule has 0 fully saturated rings. The molecular formula is C57H41N5O. The van der Waals surface area contributed by atoms with Crippen LogP contribution in [0.2, 0.25) is 0 Å². The molecule has 3 aromatic heterocycles. The Hall–Kier alpha value is -7.93. The molecule has 0 radical (unpaired) electrons. The van der Waals surface area contributed by atoms with Crippen molar-refractivity contribution in [2.75, 3.05) is 0 Å². The second-order valence-corrected chi connectivity index (χ2v) is 16.8. The van der Waals surface area contributed by atoms with Crippen LogP contribution in [0.5, 0.6) is 0 Å². The second kappa shape index (κ2) is 14.3. The summed E-state index contributed by atoms with van der Waals surface area (Å²) in [6, 6.07) is 65.6. The van der Waals surface area contributed by atoms with Crippen molar-refractivity contribution >= 4 is 71.4 Å². The number of aliphatic imine (C=N–C) groups is 1. The summed E-state index contributed by atoms with van der Waals surface area (Å²) in [5, 5.41) is 14.7. The lowest BCUT2D eigenvalue weighted by Gasteiger charge is -2.32. The number of allylic oxidation sites excluding steroid dienone is 4. The average molecular weight is 812 g/mol. The van der Waals surface area contributed by atoms with Gasteiger partial charge in [-0.15, -0.1) is 0 Å². The molecule has 13 rings (SSSR count). The van der Waals surface area contributed by atoms with E-state index in [0.29, 0.717) is 0 Å². The SMILES string of the molecule is C1=CCC(n2c3ccc(-c4ccc5c(c4)c4ccccc4n5-c4ccccc4)cc3c3cc4c(cc32)oc2ccc(C3NC(c5ccccc5)=NC(c5ccccc5)N3)cc24)C=C1. The van der Waals surface area contributed by atoms with Gasteiger partial charge in [0.25, 0.3) is 0 Å². The van der Waals surface area contributed by atoms with Gasteiger partial charge in [-0.1, -0.05) is 140 Å². The lowest BCUT2D eigenvalue weighted by atomic mass is 10.00. The van der Waals surface area contributed by atoms with Crippen LogP contribution in [0.25, 0.3) is 82.4 Å². The van der Waals surface area contributed by atoms with Crippen LogP contribution in [-0.2, 0) is 0 Å². The van der Waals surface area contributed by atoms with E-state index in [-0.39, 0.29) is 18.4 Å². The first kappa shape index (κ1) is 35.8. The fraction of sp³-hybridized carbons (Fsp3) is 0.0702. The minimum atomic E-state index is -0.212. The summed E-state index contributed by atoms with van der Waals surface area (Å²) in [6.45, 7) is 0. The number of para-hydroxylation sites is 2. The highest BCUT2D eigenvalue weighted by Crippen LogP contribution is 2.42. The molecule has 0 saturated carbocycles. The topological polar surface area (TPSA) is 59.4 Å². The third kappa shape index (κ3) is 5.87. The molecule has 2 aliphatic rings. The molecule has 4 heterocycles. The van der Waals surface area contributed by atoms with Crippen molar-refractivity contribution in [1.82, 2.24) is 19.8 Å². The van der Waals surface area contributed by atoms with E-state index in [1.54, 1.807) is 0 Å². The molecule has 1 aliphatic carbocycles. The monoisotopic (exact) mass is 811 g/mol. The molecule has 3 atom stereocenters. The van der Waals surface area contributed by atoms with Gasteiger partial charge in [0.05, 0.1) is 22.6 Å². The van der Waals surface area contributed by atoms with E-state index < -0.39 is 0 Å². The Morgan fingerprint density at radius 1 is 0.492 bits per heavy atom. The molecule has 2 N–H and O–H groups in total. The molecule has 300 valence electrons. The Balaban J connectivity index is 0.962. The normalized spacial score (nSPS) is 17.7. The highest BCUT2D eigenvalue weighted by molar-refractivity contribution is 6.18. The second-order valence-electron chi connectivity index (χ2n) is 16.8. The standard InChI is InChI=1S/C57H41N5O/c1-5-15-36(16-6-1)55-58-56(37-17-7-2-8-18-37)60-57(59-55)40-27-30-53-47(33-40)48-34-46-45-32-39(26-29-51(45)62(42-21-11-4-12-22-42)52(46)35-54(48)63-53)38-25-28-50-44(31-38)43-23-13-14-24-49(43)61(50)41-19-9-3-10-20-41/h1-21,23-35,42,55,57,59H,22H2,(H,58,60). The molecule has 8 aromatic carbocycles. The van der Waals surface area contributed by atoms with E-state index in [1.165, 1.54) is 54.7 Å². The lowest BCUT2D eigenvalue weighted by Crippen LogP contribution is -2.44. The number of aromatic nitrogens is 2. The summed E-state index contributed by atoms with van der Waals surface area (Å²) >= 11 is 0. The highest BCUT2D eigenvalue weighted by atomic mass is 16.3. The van der Waals surface area contributed by atoms with Gasteiger partial charge in [-0.3, -0.25) is 5.32 Å². The van der Waals surface area contributed by atoms with Crippen LogP contribution < -0.4 is 10.6 Å². The number of fused-ring (bicyclic) bond motifs is 9. The molecule has 6 heteroatoms. The van der Waals surface area contributed by atoms with Crippen molar-refractivity contribution in [3.63, 3.8) is 0 Å². The average Bonchev–Trinajstić information content (AvgIpc) is 4.00. The van der Waals surface area contributed by atoms with Gasteiger partial charge in [-0.05, 0) is 89.3 Å². The van der Waals surface area contributed by atoms with Crippen molar-refractivity contribution < 1.29 is 4.42 Å². The first-order valence-corrected chi connectivity index (χ1v) is 21.8. The maximum absolute atomic E-state index is 6.71. The highest BCUT2D eigenvalue weighted by Gasteiger charge is 2.27. The van der Waals surface area contributed by atoms with E-state index in [9.17, 15) is 0 Å². The van der Waals surface area contributed by atoms with Gasteiger partial charge in [0, 0.05) is 55.2 Å². The zero-order valence-electron chi connectivity index (χ0n) is 34.3. The summed E-state index contributed by atoms with van der Waals surface area (Å²) in [5.74, 6) is 0.864. The predicted molar refractivity (Wildman–Crippen MR) is 260 cm³/mol. The summed E-state index contributed by atoms with van der Waals surface area (Å²) in [5.41, 5.74) is 13.4. The number of amidine groups is 1. The molecule has 0 bridgehead atoms. The number of furan rings is 1. The predicted octanol–water partition coefficient (Wildman–Crippen LogP) is 13.9. The fourth-order valence-electron chi connectivity index (χ4n) is 10.1. The van der Waals surface area contributed by atoms with Gasteiger partial charge in [0.15, 0.2) is 0 Å². The number of rotatable bonds is 6. The van der Waals surface area contributed by atoms with E-state index in [0.717, 1.165) is 56.6 Å². The van der Waals surface area contributed by atoms with E-state index >= 15 is 0 Å². The van der Waals surface area contributed by atoms with Gasteiger partial charge in [0.1, 0.15) is 29.3 Å². The molecular weight excluding hydrogens is 771 g/mol. The van der Waals surface area contributed by atoms with Gasteiger partial charge >= 0.3 is 0 Å². The molecule has 0 amide bonds. The summed E-state index contributed by atoms with van der Waals surface area (Å²) < 4.78 is 11.6. The quantitative estimate of drug-likeness (QED) is 0.176. The summed E-state index contributed by atoms with van der Waals surface area (Å²) in [7, 11) is 0. The Morgan fingerprint density at radius 3 is 1.97 bits per heavy atom. The zero-order valence-corrected chi connectivity index (χ0v) is 34.3. The minimum Gasteiger partial charge on any atom is -0.456 e. The van der Waals surface area contributed by atoms with Crippen LogP contribution in [0.4, 0.5) is 0 Å². The number of benzene rings is 8. The number of nitrogens with one attached hydrogen (secondary N) is 2. The van der Waals surface area contributed by atoms with Crippen molar-refractivity contribution in [1.29, 1.82) is 0 Å². The smallest absolute Gasteiger partial charge is 0.137 e. The summed E-state index contributed by atoms with van der Waals surface area (Å²) in [4.78, 5) is 5.14. The van der Waals surface area contributed by atoms with Crippen LogP contribution in [0.3, 0.4) is 0 Å². The van der Waals surface area contributed by atoms with Gasteiger partial charge in [0.2, 0.25) is 0 Å². The molecule has 0 saturated heterocycles. The van der Waals surface area contributed by atoms with Gasteiger partial charge in [-0.2, -0.15) is 0 Å². The fourth-order valence-corrected chi connectivity index (χ4v) is 10.1. The van der Waals surface area contributed by atoms with Crippen LogP contribution >= 0.6 is 0 Å². The van der Waals surface area contributed by atoms with Crippen LogP contribution in [-0.4, -0.2) is 15.0 Å². The van der Waals surface area contributed by atoms with Gasteiger partial charge in [-0.25, -0.2) is 4.99 Å². The first-order chi connectivity index (χ1) is 31.2. The van der Waals surface area contributed by atoms with Gasteiger partial charge < -0.3 is 18.9 Å². The molecule has 0 spiro atoms. The maximum atomic E-state index is 6.71. The lowest BCUT2D eigenvalue weighted by molar-refractivity contribution is 0.409. The van der Waals surface area contributed by atoms with Crippen molar-refractivity contribution in [3.05, 3.63) is 223 Å². The van der Waals surface area contributed by atoms with Crippen molar-refractivity contribution in [2.24, 2.45) is 4.99 Å². The maximum Gasteiger partial charge on any atom is 0.137 e. The van der Waals surface area contributed by atoms with Crippen LogP contribution in [0.1, 0.15) is 41.5 Å². The number of hydrogen-bond acceptors (Lipinski definition) is 4. The number of nitrogens with zero attached hydrogens (tertiary/aromatic N) is 3. The molecule has 63 heavy (non-hydrogen) atoms. The summed E-state index contributed by atoms with van der Waals surface area (Å²) in [6.07, 6.45) is 9.44. The third-order valence-corrected chi connectivity index (χ3v) is 13.1. The molecule has 6 nitrogen and oxygen atoms in total. The zero-order chi connectivity index (χ0) is 41.4. The number of hydrogen-bond donors (Lipinski definition) is 2. The Kier molecular flexibility index (Phi) is 8.14.